The zero-order valence-electron chi connectivity index (χ0n) is 16.4. The summed E-state index contributed by atoms with van der Waals surface area (Å²) >= 11 is 0. The van der Waals surface area contributed by atoms with Crippen LogP contribution in [0.15, 0.2) is 61.2 Å². The molecule has 9 heteroatoms. The number of benzene rings is 2. The summed E-state index contributed by atoms with van der Waals surface area (Å²) in [6.07, 6.45) is 5.86. The van der Waals surface area contributed by atoms with Crippen molar-refractivity contribution in [2.24, 2.45) is 0 Å². The predicted octanol–water partition coefficient (Wildman–Crippen LogP) is 6.29. The van der Waals surface area contributed by atoms with Gasteiger partial charge in [-0.05, 0) is 49.1 Å². The molecular formula is C22H16F6N2Ti. The molecule has 0 saturated heterocycles. The summed E-state index contributed by atoms with van der Waals surface area (Å²) in [5.41, 5.74) is -0.646. The Morgan fingerprint density at radius 2 is 0.839 bits per heavy atom. The molecule has 0 aliphatic carbocycles. The third kappa shape index (κ3) is 6.64. The Kier molecular flexibility index (Phi) is 11.2. The molecule has 0 unspecified atom stereocenters. The van der Waals surface area contributed by atoms with E-state index in [4.69, 9.17) is 0 Å². The van der Waals surface area contributed by atoms with Crippen molar-refractivity contribution in [2.75, 3.05) is 0 Å². The number of hydrogen-bond donors (Lipinski definition) is 0. The van der Waals surface area contributed by atoms with E-state index in [-0.39, 0.29) is 47.9 Å². The van der Waals surface area contributed by atoms with Crippen LogP contribution >= 0.6 is 0 Å². The largest absolute Gasteiger partial charge is 4.00 e. The maximum atomic E-state index is 13.2. The Hall–Kier alpha value is -2.71. The van der Waals surface area contributed by atoms with E-state index < -0.39 is 34.9 Å². The molecule has 0 amide bonds. The quantitative estimate of drug-likeness (QED) is 0.185. The molecule has 0 bridgehead atoms. The molecule has 0 N–H and O–H groups in total. The molecule has 0 fully saturated rings. The van der Waals surface area contributed by atoms with Crippen molar-refractivity contribution >= 4 is 0 Å². The zero-order valence-corrected chi connectivity index (χ0v) is 18.0. The number of aromatic nitrogens is 2. The van der Waals surface area contributed by atoms with Crippen LogP contribution in [0.2, 0.25) is 0 Å². The molecule has 0 spiro atoms. The van der Waals surface area contributed by atoms with Crippen LogP contribution in [0, 0.1) is 61.9 Å². The van der Waals surface area contributed by atoms with Gasteiger partial charge in [-0.25, -0.2) is 26.3 Å². The fourth-order valence-electron chi connectivity index (χ4n) is 2.41. The molecule has 2 aromatic carbocycles. The molecule has 160 valence electrons. The molecule has 0 aliphatic heterocycles. The molecule has 31 heavy (non-hydrogen) atoms. The minimum atomic E-state index is -1.05. The average molecular weight is 470 g/mol. The molecule has 0 atom stereocenters. The van der Waals surface area contributed by atoms with Crippen LogP contribution in [-0.4, -0.2) is 9.13 Å². The van der Waals surface area contributed by atoms with E-state index in [2.05, 4.69) is 0 Å². The van der Waals surface area contributed by atoms with Crippen LogP contribution in [0.4, 0.5) is 26.3 Å². The summed E-state index contributed by atoms with van der Waals surface area (Å²) in [7, 11) is 0. The zero-order chi connectivity index (χ0) is 20.3. The van der Waals surface area contributed by atoms with Crippen LogP contribution in [0.5, 0.6) is 0 Å². The third-order valence-electron chi connectivity index (χ3n) is 3.56. The van der Waals surface area contributed by atoms with Gasteiger partial charge < -0.3 is 24.0 Å². The first-order valence-electron chi connectivity index (χ1n) is 7.77. The Morgan fingerprint density at radius 3 is 1.10 bits per heavy atom. The van der Waals surface area contributed by atoms with Crippen LogP contribution in [0.3, 0.4) is 0 Å². The van der Waals surface area contributed by atoms with Crippen LogP contribution < -0.4 is 0 Å². The first-order valence-corrected chi connectivity index (χ1v) is 7.77. The summed E-state index contributed by atoms with van der Waals surface area (Å²) in [6.45, 7) is 0. The average Bonchev–Trinajstić information content (AvgIpc) is 3.27. The Bertz CT molecular complexity index is 946. The normalized spacial score (nSPS) is 9.48. The molecule has 2 aromatic heterocycles. The monoisotopic (exact) mass is 470 g/mol. The van der Waals surface area contributed by atoms with Crippen molar-refractivity contribution in [1.82, 2.24) is 9.13 Å². The van der Waals surface area contributed by atoms with Crippen molar-refractivity contribution in [3.8, 4) is 11.4 Å². The minimum Gasteiger partial charge on any atom is -0.372 e. The number of nitrogens with zero attached hydrogens (tertiary/aromatic N) is 2. The van der Waals surface area contributed by atoms with Crippen molar-refractivity contribution in [2.45, 2.75) is 0 Å². The molecule has 2 nitrogen and oxygen atoms in total. The molecule has 0 radical (unpaired) electrons. The summed E-state index contributed by atoms with van der Waals surface area (Å²) in [5, 5.41) is 0. The topological polar surface area (TPSA) is 9.86 Å². The van der Waals surface area contributed by atoms with Crippen LogP contribution in [0.25, 0.3) is 11.4 Å². The van der Waals surface area contributed by atoms with Crippen molar-refractivity contribution in [3.63, 3.8) is 0 Å². The molecule has 0 aliphatic rings. The molecule has 0 saturated carbocycles. The van der Waals surface area contributed by atoms with Gasteiger partial charge in [0.2, 0.25) is 0 Å². The smallest absolute Gasteiger partial charge is 0.372 e. The van der Waals surface area contributed by atoms with Gasteiger partial charge in [0, 0.05) is 46.3 Å². The second-order valence-corrected chi connectivity index (χ2v) is 5.44. The molecule has 4 rings (SSSR count). The van der Waals surface area contributed by atoms with Crippen molar-refractivity contribution in [1.29, 1.82) is 0 Å². The van der Waals surface area contributed by atoms with Gasteiger partial charge in [-0.3, -0.25) is 0 Å². The van der Waals surface area contributed by atoms with Gasteiger partial charge in [0.1, 0.15) is 0 Å². The minimum absolute atomic E-state index is 0. The van der Waals surface area contributed by atoms with E-state index in [0.29, 0.717) is 12.1 Å². The second-order valence-electron chi connectivity index (χ2n) is 5.44. The summed E-state index contributed by atoms with van der Waals surface area (Å²) in [6, 6.07) is 11.2. The van der Waals surface area contributed by atoms with E-state index >= 15 is 0 Å². The van der Waals surface area contributed by atoms with Gasteiger partial charge in [0.25, 0.3) is 0 Å². The van der Waals surface area contributed by atoms with Crippen molar-refractivity contribution in [3.05, 3.63) is 123 Å². The Morgan fingerprint density at radius 1 is 0.548 bits per heavy atom. The van der Waals surface area contributed by atoms with Crippen LogP contribution in [-0.2, 0) is 21.7 Å². The molecule has 2 heterocycles. The number of hydrogen-bond acceptors (Lipinski definition) is 0. The second kappa shape index (κ2) is 12.2. The first-order chi connectivity index (χ1) is 13.4. The summed E-state index contributed by atoms with van der Waals surface area (Å²) < 4.78 is 80.0. The van der Waals surface area contributed by atoms with Gasteiger partial charge in [-0.15, -0.1) is 12.1 Å². The van der Waals surface area contributed by atoms with E-state index in [1.54, 1.807) is 36.4 Å². The van der Waals surface area contributed by atoms with E-state index in [1.807, 2.05) is 0 Å². The fraction of sp³-hybridized carbons (Fsp3) is 0. The molecular weight excluding hydrogens is 454 g/mol. The van der Waals surface area contributed by atoms with Crippen molar-refractivity contribution < 1.29 is 48.1 Å². The predicted molar refractivity (Wildman–Crippen MR) is 102 cm³/mol. The summed E-state index contributed by atoms with van der Waals surface area (Å²) in [4.78, 5) is 0. The van der Waals surface area contributed by atoms with E-state index in [1.165, 1.54) is 33.9 Å². The van der Waals surface area contributed by atoms with Gasteiger partial charge >= 0.3 is 21.7 Å². The maximum absolute atomic E-state index is 13.2. The Balaban J connectivity index is 0.000000529. The summed E-state index contributed by atoms with van der Waals surface area (Å²) in [5.74, 6) is -6.07. The Labute approximate surface area is 191 Å². The van der Waals surface area contributed by atoms with Gasteiger partial charge in [-0.2, -0.15) is 0 Å². The van der Waals surface area contributed by atoms with Gasteiger partial charge in [0.15, 0.2) is 0 Å². The third-order valence-corrected chi connectivity index (χ3v) is 3.56. The number of halogens is 6. The van der Waals surface area contributed by atoms with Crippen LogP contribution in [0.1, 0.15) is 0 Å². The van der Waals surface area contributed by atoms with E-state index in [9.17, 15) is 26.3 Å². The fourth-order valence-corrected chi connectivity index (χ4v) is 2.41. The first kappa shape index (κ1) is 28.3. The molecule has 4 aromatic rings. The van der Waals surface area contributed by atoms with E-state index in [0.717, 1.165) is 0 Å². The standard InChI is InChI=1S/2C10H5F3N.2CH3.Ti/c2*11-7-5-8(12)10(9(13)6-7)14-3-1-2-4-14;;;/h2*1-5H;2*1H3;/q4*-1;+4. The number of rotatable bonds is 2. The van der Waals surface area contributed by atoms with Gasteiger partial charge in [-0.1, -0.05) is 12.1 Å². The SMILES string of the molecule is Fc1[c-]c(F)c(-n2cccc2)c(F)c1.Fc1[c-]c(F)c(-n2cccc2)c(F)c1.[CH3-].[CH3-].[Ti+4]. The van der Waals surface area contributed by atoms with Gasteiger partial charge in [0.05, 0.1) is 0 Å². The maximum Gasteiger partial charge on any atom is 4.00 e.